The highest BCUT2D eigenvalue weighted by Gasteiger charge is 2.28. The van der Waals surface area contributed by atoms with Crippen molar-refractivity contribution in [1.29, 1.82) is 0 Å². The molecule has 0 bridgehead atoms. The zero-order chi connectivity index (χ0) is 17.5. The Morgan fingerprint density at radius 2 is 1.85 bits per heavy atom. The number of allylic oxidation sites excluding steroid dienone is 4. The molecule has 0 amide bonds. The van der Waals surface area contributed by atoms with Gasteiger partial charge in [-0.25, -0.2) is 0 Å². The fraction of sp³-hybridized carbons (Fsp3) is 0.200. The molecule has 1 heteroatoms. The SMILES string of the molecule is Clc1ccc2c3c(ccc2c1)C1=C(CCC=C1)C(Cc1ccccc1)C3. The van der Waals surface area contributed by atoms with Crippen molar-refractivity contribution in [1.82, 2.24) is 0 Å². The first-order chi connectivity index (χ1) is 12.8. The van der Waals surface area contributed by atoms with E-state index in [1.165, 1.54) is 45.9 Å². The molecule has 5 rings (SSSR count). The van der Waals surface area contributed by atoms with Gasteiger partial charge in [0.2, 0.25) is 0 Å². The van der Waals surface area contributed by atoms with Gasteiger partial charge >= 0.3 is 0 Å². The second kappa shape index (κ2) is 6.45. The molecule has 0 spiro atoms. The first-order valence-corrected chi connectivity index (χ1v) is 9.82. The summed E-state index contributed by atoms with van der Waals surface area (Å²) in [7, 11) is 0. The van der Waals surface area contributed by atoms with Crippen LogP contribution >= 0.6 is 11.6 Å². The molecule has 0 heterocycles. The summed E-state index contributed by atoms with van der Waals surface area (Å²) in [5.41, 5.74) is 7.47. The van der Waals surface area contributed by atoms with E-state index in [0.717, 1.165) is 17.9 Å². The zero-order valence-corrected chi connectivity index (χ0v) is 15.5. The van der Waals surface area contributed by atoms with Crippen LogP contribution in [0.3, 0.4) is 0 Å². The minimum Gasteiger partial charge on any atom is -0.0843 e. The lowest BCUT2D eigenvalue weighted by Crippen LogP contribution is -2.20. The molecule has 0 aliphatic heterocycles. The number of rotatable bonds is 2. The molecule has 0 N–H and O–H groups in total. The first kappa shape index (κ1) is 15.9. The average Bonchev–Trinajstić information content (AvgIpc) is 2.68. The van der Waals surface area contributed by atoms with Crippen LogP contribution in [0.5, 0.6) is 0 Å². The molecule has 2 aliphatic carbocycles. The van der Waals surface area contributed by atoms with E-state index >= 15 is 0 Å². The molecule has 0 aromatic heterocycles. The van der Waals surface area contributed by atoms with Crippen molar-refractivity contribution in [3.8, 4) is 0 Å². The molecule has 0 radical (unpaired) electrons. The molecular weight excluding hydrogens is 336 g/mol. The molecular formula is C25H21Cl. The van der Waals surface area contributed by atoms with Crippen LogP contribution in [-0.4, -0.2) is 0 Å². The Morgan fingerprint density at radius 3 is 2.73 bits per heavy atom. The third-order valence-corrected chi connectivity index (χ3v) is 6.10. The molecule has 0 fully saturated rings. The zero-order valence-electron chi connectivity index (χ0n) is 14.7. The summed E-state index contributed by atoms with van der Waals surface area (Å²) in [5.74, 6) is 0.589. The Balaban J connectivity index is 1.66. The first-order valence-electron chi connectivity index (χ1n) is 9.44. The van der Waals surface area contributed by atoms with Crippen LogP contribution < -0.4 is 0 Å². The van der Waals surface area contributed by atoms with E-state index in [0.29, 0.717) is 5.92 Å². The Kier molecular flexibility index (Phi) is 3.94. The minimum absolute atomic E-state index is 0.589. The lowest BCUT2D eigenvalue weighted by atomic mass is 9.72. The summed E-state index contributed by atoms with van der Waals surface area (Å²) in [4.78, 5) is 0. The van der Waals surface area contributed by atoms with Crippen molar-refractivity contribution in [2.45, 2.75) is 25.7 Å². The Bertz CT molecular complexity index is 1040. The molecule has 1 unspecified atom stereocenters. The lowest BCUT2D eigenvalue weighted by molar-refractivity contribution is 0.575. The van der Waals surface area contributed by atoms with Crippen molar-refractivity contribution >= 4 is 27.9 Å². The van der Waals surface area contributed by atoms with Crippen molar-refractivity contribution in [2.75, 3.05) is 0 Å². The second-order valence-corrected chi connectivity index (χ2v) is 7.86. The van der Waals surface area contributed by atoms with Crippen LogP contribution in [0.4, 0.5) is 0 Å². The Labute approximate surface area is 159 Å². The van der Waals surface area contributed by atoms with E-state index < -0.39 is 0 Å². The standard InChI is InChI=1S/C25H21Cl/c26-20-11-13-22-18(15-20)10-12-24-23-9-5-4-8-21(23)19(16-25(22)24)14-17-6-2-1-3-7-17/h1-3,5-7,9-13,15,19H,4,8,14,16H2. The largest absolute Gasteiger partial charge is 0.0843 e. The van der Waals surface area contributed by atoms with Gasteiger partial charge in [-0.3, -0.25) is 0 Å². The number of hydrogen-bond donors (Lipinski definition) is 0. The molecule has 0 saturated carbocycles. The van der Waals surface area contributed by atoms with E-state index in [-0.39, 0.29) is 0 Å². The highest BCUT2D eigenvalue weighted by Crippen LogP contribution is 2.43. The van der Waals surface area contributed by atoms with Crippen LogP contribution in [-0.2, 0) is 12.8 Å². The van der Waals surface area contributed by atoms with Crippen LogP contribution in [0, 0.1) is 5.92 Å². The summed E-state index contributed by atoms with van der Waals surface area (Å²) < 4.78 is 0. The van der Waals surface area contributed by atoms with Crippen molar-refractivity contribution in [3.05, 3.63) is 100 Å². The van der Waals surface area contributed by atoms with Gasteiger partial charge in [0.25, 0.3) is 0 Å². The smallest absolute Gasteiger partial charge is 0.0412 e. The molecule has 26 heavy (non-hydrogen) atoms. The third-order valence-electron chi connectivity index (χ3n) is 5.86. The highest BCUT2D eigenvalue weighted by molar-refractivity contribution is 6.31. The van der Waals surface area contributed by atoms with Crippen LogP contribution in [0.2, 0.25) is 5.02 Å². The molecule has 2 aliphatic rings. The van der Waals surface area contributed by atoms with Gasteiger partial charge in [-0.05, 0) is 76.8 Å². The minimum atomic E-state index is 0.589. The number of fused-ring (bicyclic) bond motifs is 4. The normalized spacial score (nSPS) is 18.7. The van der Waals surface area contributed by atoms with Crippen LogP contribution in [0.25, 0.3) is 16.3 Å². The van der Waals surface area contributed by atoms with Crippen LogP contribution in [0.15, 0.2) is 78.4 Å². The Hall–Kier alpha value is -2.31. The topological polar surface area (TPSA) is 0 Å². The molecule has 3 aromatic rings. The monoisotopic (exact) mass is 356 g/mol. The van der Waals surface area contributed by atoms with E-state index in [1.54, 1.807) is 5.57 Å². The summed E-state index contributed by atoms with van der Waals surface area (Å²) in [6.07, 6.45) is 9.30. The summed E-state index contributed by atoms with van der Waals surface area (Å²) in [6.45, 7) is 0. The van der Waals surface area contributed by atoms with Gasteiger partial charge in [-0.1, -0.05) is 77.9 Å². The van der Waals surface area contributed by atoms with Crippen molar-refractivity contribution < 1.29 is 0 Å². The van der Waals surface area contributed by atoms with Gasteiger partial charge in [0, 0.05) is 5.02 Å². The average molecular weight is 357 g/mol. The fourth-order valence-corrected chi connectivity index (χ4v) is 4.85. The van der Waals surface area contributed by atoms with Crippen molar-refractivity contribution in [3.63, 3.8) is 0 Å². The molecule has 0 saturated heterocycles. The third kappa shape index (κ3) is 2.70. The van der Waals surface area contributed by atoms with Gasteiger partial charge in [-0.15, -0.1) is 0 Å². The molecule has 1 atom stereocenters. The predicted octanol–water partition coefficient (Wildman–Crippen LogP) is 7.01. The van der Waals surface area contributed by atoms with Crippen LogP contribution in [0.1, 0.15) is 29.5 Å². The summed E-state index contributed by atoms with van der Waals surface area (Å²) in [5, 5.41) is 3.42. The maximum absolute atomic E-state index is 6.23. The summed E-state index contributed by atoms with van der Waals surface area (Å²) in [6, 6.07) is 21.8. The molecule has 128 valence electrons. The van der Waals surface area contributed by atoms with E-state index in [2.05, 4.69) is 66.7 Å². The van der Waals surface area contributed by atoms with Crippen molar-refractivity contribution in [2.24, 2.45) is 5.92 Å². The lowest BCUT2D eigenvalue weighted by Gasteiger charge is -2.32. The second-order valence-electron chi connectivity index (χ2n) is 7.43. The van der Waals surface area contributed by atoms with Gasteiger partial charge in [0.1, 0.15) is 0 Å². The number of halogens is 1. The molecule has 3 aromatic carbocycles. The fourth-order valence-electron chi connectivity index (χ4n) is 4.67. The van der Waals surface area contributed by atoms with E-state index in [9.17, 15) is 0 Å². The maximum atomic E-state index is 6.23. The van der Waals surface area contributed by atoms with E-state index in [1.807, 2.05) is 6.07 Å². The van der Waals surface area contributed by atoms with Gasteiger partial charge in [0.05, 0.1) is 0 Å². The molecule has 0 nitrogen and oxygen atoms in total. The highest BCUT2D eigenvalue weighted by atomic mass is 35.5. The van der Waals surface area contributed by atoms with Gasteiger partial charge in [0.15, 0.2) is 0 Å². The number of hydrogen-bond acceptors (Lipinski definition) is 0. The number of benzene rings is 3. The Morgan fingerprint density at radius 1 is 0.962 bits per heavy atom. The van der Waals surface area contributed by atoms with E-state index in [4.69, 9.17) is 11.6 Å². The predicted molar refractivity (Wildman–Crippen MR) is 112 cm³/mol. The van der Waals surface area contributed by atoms with Gasteiger partial charge < -0.3 is 0 Å². The summed E-state index contributed by atoms with van der Waals surface area (Å²) >= 11 is 6.23. The quantitative estimate of drug-likeness (QED) is 0.463. The van der Waals surface area contributed by atoms with Gasteiger partial charge in [-0.2, -0.15) is 0 Å². The maximum Gasteiger partial charge on any atom is 0.0412 e.